The first-order valence-electron chi connectivity index (χ1n) is 39.7. The first kappa shape index (κ1) is 73.6. The van der Waals surface area contributed by atoms with E-state index in [1.165, 1.54) is 5.56 Å². The molecule has 6 unspecified atom stereocenters. The Kier molecular flexibility index (Phi) is 14.9. The zero-order valence-electron chi connectivity index (χ0n) is 67.1. The lowest BCUT2D eigenvalue weighted by Gasteiger charge is -2.35. The summed E-state index contributed by atoms with van der Waals surface area (Å²) in [6, 6.07) is 46.1. The number of carbonyl (C=O) groups is 3. The highest BCUT2D eigenvalue weighted by molar-refractivity contribution is 7.85. The molecule has 3 heterocycles. The van der Waals surface area contributed by atoms with Gasteiger partial charge in [0.2, 0.25) is 17.7 Å². The van der Waals surface area contributed by atoms with Gasteiger partial charge in [0.1, 0.15) is 50.7 Å². The van der Waals surface area contributed by atoms with E-state index in [1.54, 1.807) is 27.7 Å². The van der Waals surface area contributed by atoms with Crippen LogP contribution < -0.4 is 14.7 Å². The molecule has 6 atom stereocenters. The van der Waals surface area contributed by atoms with E-state index in [0.717, 1.165) is 85.2 Å². The van der Waals surface area contributed by atoms with Crippen molar-refractivity contribution in [1.29, 1.82) is 0 Å². The molecule has 112 heavy (non-hydrogen) atoms. The SMILES string of the molecule is Cc1cc2c(cc1O)C1(CC2(C)C)CC(C)(C)c2cc(C3(C)C(=O)N(CCN4C(=O)C(c5cc6c(cc5O)C5(CC(C)(C)c7cc(C)c(O)cc75)CC6(C)C)(c5cc6c(cc5O)C5(CC(C)(C)c7cc(C8(C)C(=O)N(CCCS(=O)(=O)O)c9ccccc98)c(O)cc75)CC6(C)C)c5ccccc54)c4ccccc43)c(O)cc21. The lowest BCUT2D eigenvalue weighted by atomic mass is 9.66. The van der Waals surface area contributed by atoms with Crippen molar-refractivity contribution in [3.8, 4) is 34.5 Å². The number of hydrogen-bond acceptors (Lipinski definition) is 11. The van der Waals surface area contributed by atoms with Gasteiger partial charge < -0.3 is 45.3 Å². The van der Waals surface area contributed by atoms with Crippen LogP contribution in [0.1, 0.15) is 259 Å². The summed E-state index contributed by atoms with van der Waals surface area (Å²) in [5.74, 6) is -1.60. The summed E-state index contributed by atoms with van der Waals surface area (Å²) in [7, 11) is -4.31. The van der Waals surface area contributed by atoms with Crippen LogP contribution in [0.5, 0.6) is 34.5 Å². The van der Waals surface area contributed by atoms with E-state index >= 15 is 14.4 Å². The van der Waals surface area contributed by atoms with Gasteiger partial charge in [0.05, 0.1) is 5.75 Å². The van der Waals surface area contributed by atoms with Crippen molar-refractivity contribution in [3.05, 3.63) is 262 Å². The summed E-state index contributed by atoms with van der Waals surface area (Å²) in [4.78, 5) is 54.0. The lowest BCUT2D eigenvalue weighted by Crippen LogP contribution is -2.47. The number of fused-ring (bicyclic) bond motifs is 15. The Balaban J connectivity index is 0.774. The predicted molar refractivity (Wildman–Crippen MR) is 437 cm³/mol. The van der Waals surface area contributed by atoms with E-state index in [9.17, 15) is 43.6 Å². The highest BCUT2D eigenvalue weighted by Gasteiger charge is 2.65. The van der Waals surface area contributed by atoms with E-state index in [4.69, 9.17) is 0 Å². The second-order valence-corrected chi connectivity index (χ2v) is 40.8. The van der Waals surface area contributed by atoms with Crippen LogP contribution >= 0.6 is 0 Å². The molecule has 578 valence electrons. The minimum absolute atomic E-state index is 0.00482. The molecule has 18 rings (SSSR count). The van der Waals surface area contributed by atoms with Crippen molar-refractivity contribution < 1.29 is 58.0 Å². The minimum atomic E-state index is -4.31. The third kappa shape index (κ3) is 9.42. The Labute approximate surface area is 656 Å². The number of para-hydroxylation sites is 3. The van der Waals surface area contributed by atoms with E-state index in [2.05, 4.69) is 101 Å². The van der Waals surface area contributed by atoms with Gasteiger partial charge >= 0.3 is 0 Å². The Morgan fingerprint density at radius 3 is 0.893 bits per heavy atom. The Morgan fingerprint density at radius 2 is 0.562 bits per heavy atom. The van der Waals surface area contributed by atoms with Crippen molar-refractivity contribution in [3.63, 3.8) is 0 Å². The van der Waals surface area contributed by atoms with E-state index < -0.39 is 75.9 Å². The van der Waals surface area contributed by atoms with Crippen molar-refractivity contribution in [2.24, 2.45) is 0 Å². The normalized spacial score (nSPS) is 26.8. The largest absolute Gasteiger partial charge is 0.508 e. The molecule has 0 saturated heterocycles. The number of benzene rings is 9. The molecule has 0 radical (unpaired) electrons. The van der Waals surface area contributed by atoms with Gasteiger partial charge in [-0.05, 0) is 273 Å². The van der Waals surface area contributed by atoms with Crippen LogP contribution in [-0.2, 0) is 89.5 Å². The third-order valence-corrected chi connectivity index (χ3v) is 30.1. The molecule has 9 aliphatic rings. The molecule has 16 heteroatoms. The third-order valence-electron chi connectivity index (χ3n) is 29.3. The van der Waals surface area contributed by atoms with Crippen LogP contribution in [0.25, 0.3) is 0 Å². The maximum atomic E-state index is 17.6. The van der Waals surface area contributed by atoms with Crippen LogP contribution in [0.4, 0.5) is 17.1 Å². The molecule has 15 nitrogen and oxygen atoms in total. The molecule has 0 saturated carbocycles. The summed E-state index contributed by atoms with van der Waals surface area (Å²) in [5, 5.41) is 76.0. The van der Waals surface area contributed by atoms with Crippen LogP contribution in [0.3, 0.4) is 0 Å². The summed E-state index contributed by atoms with van der Waals surface area (Å²) in [5.41, 5.74) is 8.79. The van der Waals surface area contributed by atoms with Gasteiger partial charge in [0.25, 0.3) is 10.1 Å². The van der Waals surface area contributed by atoms with Gasteiger partial charge in [-0.3, -0.25) is 18.9 Å². The Bertz CT molecular complexity index is 5900. The Morgan fingerprint density at radius 1 is 0.304 bits per heavy atom. The number of aromatic hydroxyl groups is 6. The number of carbonyl (C=O) groups excluding carboxylic acids is 3. The standard InChI is InChI=1S/C96H101N3O12S/c1-52-34-57-63(40-76(52)100)93(46-85(57,3)4)48-87(7,8)59-37-70(79(103)42-65(59)93)92(16)55-25-18-21-28-74(55)98(83(92)107)31-32-99-75-29-22-19-26-56(75)96(84(99)108,71-38-61-67(44-80(71)104)94(50-89(61,11)12)47-86(5,6)58-35-53(2)77(101)41-64(58)94)72-39-62-68(45-81(72)105)95(51-90(62,13)14)49-88(9,10)60-36-69(78(102)43-66(60)95)91(15)54-24-17-20-27-73(54)97(82(91)106)30-23-33-112(109,110)111/h17-22,24-29,34-45,100-105H,23,30-33,46-51H2,1-16H3,(H,109,110,111). The molecule has 0 fully saturated rings. The lowest BCUT2D eigenvalue weighted by molar-refractivity contribution is -0.122. The van der Waals surface area contributed by atoms with Crippen LogP contribution in [0, 0.1) is 13.8 Å². The average molecular weight is 1520 g/mol. The monoisotopic (exact) mass is 1520 g/mol. The van der Waals surface area contributed by atoms with Crippen molar-refractivity contribution in [2.45, 2.75) is 221 Å². The highest BCUT2D eigenvalue weighted by Crippen LogP contribution is 2.70. The van der Waals surface area contributed by atoms with Crippen LogP contribution in [0.15, 0.2) is 146 Å². The van der Waals surface area contributed by atoms with Gasteiger partial charge in [-0.25, -0.2) is 0 Å². The predicted octanol–water partition coefficient (Wildman–Crippen LogP) is 17.4. The van der Waals surface area contributed by atoms with E-state index in [1.807, 2.05) is 142 Å². The number of anilines is 3. The van der Waals surface area contributed by atoms with Gasteiger partial charge in [0, 0.05) is 80.8 Å². The van der Waals surface area contributed by atoms with Crippen molar-refractivity contribution >= 4 is 44.9 Å². The molecule has 3 aliphatic heterocycles. The van der Waals surface area contributed by atoms with Gasteiger partial charge in [-0.15, -0.1) is 0 Å². The topological polar surface area (TPSA) is 237 Å². The molecule has 9 aromatic rings. The van der Waals surface area contributed by atoms with Crippen LogP contribution in [-0.4, -0.2) is 86.7 Å². The average Bonchev–Trinajstić information content (AvgIpc) is 1.51. The molecule has 3 spiro atoms. The smallest absolute Gasteiger partial charge is 0.264 e. The van der Waals surface area contributed by atoms with Crippen LogP contribution in [0.2, 0.25) is 0 Å². The molecular formula is C96H101N3O12S. The van der Waals surface area contributed by atoms with Gasteiger partial charge in [0.15, 0.2) is 0 Å². The number of aryl methyl sites for hydroxylation is 2. The Hall–Kier alpha value is -9.90. The number of rotatable bonds is 11. The quantitative estimate of drug-likeness (QED) is 0.0599. The maximum Gasteiger partial charge on any atom is 0.264 e. The fraction of sp³-hybridized carbons (Fsp3) is 0.406. The van der Waals surface area contributed by atoms with E-state index in [-0.39, 0.29) is 94.3 Å². The second kappa shape index (κ2) is 22.7. The molecule has 3 amide bonds. The number of amides is 3. The summed E-state index contributed by atoms with van der Waals surface area (Å²) in [6.07, 6.45) is 3.89. The number of phenols is 6. The first-order valence-corrected chi connectivity index (χ1v) is 41.3. The number of phenolic OH excluding ortho intramolecular Hbond substituents is 6. The zero-order valence-corrected chi connectivity index (χ0v) is 67.9. The van der Waals surface area contributed by atoms with Crippen molar-refractivity contribution in [1.82, 2.24) is 0 Å². The summed E-state index contributed by atoms with van der Waals surface area (Å²) >= 11 is 0. The molecule has 7 N–H and O–H groups in total. The maximum absolute atomic E-state index is 17.6. The molecule has 6 aliphatic carbocycles. The molecule has 0 aromatic heterocycles. The molecular weight excluding hydrogens is 1420 g/mol. The second-order valence-electron chi connectivity index (χ2n) is 39.2. The summed E-state index contributed by atoms with van der Waals surface area (Å²) < 4.78 is 33.5. The first-order chi connectivity index (χ1) is 52.3. The number of hydrogen-bond donors (Lipinski definition) is 7. The molecule has 0 bridgehead atoms. The zero-order chi connectivity index (χ0) is 80.0. The minimum Gasteiger partial charge on any atom is -0.508 e. The molecule has 9 aromatic carbocycles. The fourth-order valence-electron chi connectivity index (χ4n) is 24.9. The van der Waals surface area contributed by atoms with Gasteiger partial charge in [-0.2, -0.15) is 8.42 Å². The highest BCUT2D eigenvalue weighted by atomic mass is 32.2. The number of nitrogens with zero attached hydrogens (tertiary/aromatic N) is 3. The van der Waals surface area contributed by atoms with Crippen molar-refractivity contribution in [2.75, 3.05) is 40.1 Å². The van der Waals surface area contributed by atoms with E-state index in [0.29, 0.717) is 70.6 Å². The summed E-state index contributed by atoms with van der Waals surface area (Å²) in [6.45, 7) is 34.0. The fourth-order valence-corrected chi connectivity index (χ4v) is 25.4. The van der Waals surface area contributed by atoms with Gasteiger partial charge in [-0.1, -0.05) is 150 Å².